The van der Waals surface area contributed by atoms with Gasteiger partial charge in [-0.3, -0.25) is 9.59 Å². The van der Waals surface area contributed by atoms with E-state index in [1.807, 2.05) is 0 Å². The molecule has 24 heavy (non-hydrogen) atoms. The van der Waals surface area contributed by atoms with Crippen LogP contribution in [0, 0.1) is 6.92 Å². The molecule has 0 bridgehead atoms. The van der Waals surface area contributed by atoms with Gasteiger partial charge in [-0.1, -0.05) is 0 Å². The number of furan rings is 1. The van der Waals surface area contributed by atoms with Gasteiger partial charge in [0.1, 0.15) is 11.5 Å². The maximum absolute atomic E-state index is 12.9. The molecule has 2 aliphatic rings. The Morgan fingerprint density at radius 1 is 1.25 bits per heavy atom. The molecule has 1 aliphatic carbocycles. The van der Waals surface area contributed by atoms with Crippen LogP contribution in [0.25, 0.3) is 0 Å². The van der Waals surface area contributed by atoms with E-state index >= 15 is 0 Å². The van der Waals surface area contributed by atoms with Gasteiger partial charge in [0.25, 0.3) is 5.91 Å². The number of likely N-dealkylation sites (tertiary alicyclic amines) is 1. The predicted molar refractivity (Wildman–Crippen MR) is 87.6 cm³/mol. The maximum Gasteiger partial charge on any atom is 0.258 e. The zero-order valence-electron chi connectivity index (χ0n) is 13.9. The summed E-state index contributed by atoms with van der Waals surface area (Å²) >= 11 is 0. The van der Waals surface area contributed by atoms with Gasteiger partial charge in [0.2, 0.25) is 10.0 Å². The van der Waals surface area contributed by atoms with Crippen molar-refractivity contribution in [3.63, 3.8) is 0 Å². The average Bonchev–Trinajstić information content (AvgIpc) is 2.83. The van der Waals surface area contributed by atoms with Gasteiger partial charge in [0, 0.05) is 32.0 Å². The Labute approximate surface area is 141 Å². The second-order valence-electron chi connectivity index (χ2n) is 6.56. The summed E-state index contributed by atoms with van der Waals surface area (Å²) in [4.78, 5) is 26.8. The number of ketones is 1. The van der Waals surface area contributed by atoms with Gasteiger partial charge in [-0.15, -0.1) is 0 Å². The van der Waals surface area contributed by atoms with Crippen molar-refractivity contribution in [2.45, 2.75) is 45.1 Å². The maximum atomic E-state index is 12.9. The fourth-order valence-corrected chi connectivity index (χ4v) is 4.37. The number of sulfonamides is 1. The van der Waals surface area contributed by atoms with Crippen molar-refractivity contribution in [2.75, 3.05) is 19.3 Å². The van der Waals surface area contributed by atoms with Gasteiger partial charge >= 0.3 is 0 Å². The van der Waals surface area contributed by atoms with E-state index in [1.165, 1.54) is 0 Å². The van der Waals surface area contributed by atoms with Crippen LogP contribution in [-0.2, 0) is 16.4 Å². The number of aryl methyl sites for hydroxylation is 2. The van der Waals surface area contributed by atoms with Crippen molar-refractivity contribution in [3.8, 4) is 0 Å². The van der Waals surface area contributed by atoms with Gasteiger partial charge in [-0.25, -0.2) is 13.1 Å². The van der Waals surface area contributed by atoms with E-state index in [4.69, 9.17) is 4.42 Å². The third kappa shape index (κ3) is 3.39. The first-order chi connectivity index (χ1) is 11.3. The molecular formula is C16H22N2O5S. The Morgan fingerprint density at radius 2 is 1.92 bits per heavy atom. The summed E-state index contributed by atoms with van der Waals surface area (Å²) in [5.74, 6) is 0.910. The number of fused-ring (bicyclic) bond motifs is 1. The van der Waals surface area contributed by atoms with Crippen molar-refractivity contribution in [2.24, 2.45) is 0 Å². The van der Waals surface area contributed by atoms with Gasteiger partial charge in [-0.2, -0.15) is 0 Å². The summed E-state index contributed by atoms with van der Waals surface area (Å²) in [6.07, 6.45) is 4.16. The molecule has 0 atom stereocenters. The first-order valence-electron chi connectivity index (χ1n) is 8.18. The number of nitrogens with one attached hydrogen (secondary N) is 1. The Hall–Kier alpha value is -1.67. The van der Waals surface area contributed by atoms with E-state index in [0.29, 0.717) is 61.4 Å². The predicted octanol–water partition coefficient (Wildman–Crippen LogP) is 1.26. The molecule has 1 saturated heterocycles. The van der Waals surface area contributed by atoms with Crippen molar-refractivity contribution >= 4 is 21.7 Å². The lowest BCUT2D eigenvalue weighted by Crippen LogP contribution is -2.46. The molecule has 1 amide bonds. The number of hydrogen-bond acceptors (Lipinski definition) is 5. The molecule has 1 N–H and O–H groups in total. The molecule has 0 radical (unpaired) electrons. The van der Waals surface area contributed by atoms with Crippen LogP contribution in [0.2, 0.25) is 0 Å². The van der Waals surface area contributed by atoms with Crippen LogP contribution >= 0.6 is 0 Å². The molecule has 0 spiro atoms. The number of nitrogens with zero attached hydrogens (tertiary/aromatic N) is 1. The molecule has 0 unspecified atom stereocenters. The normalized spacial score (nSPS) is 19.4. The summed E-state index contributed by atoms with van der Waals surface area (Å²) in [5, 5.41) is 0. The topological polar surface area (TPSA) is 96.7 Å². The number of piperidine rings is 1. The molecule has 1 aromatic heterocycles. The second-order valence-corrected chi connectivity index (χ2v) is 8.34. The number of carbonyl (C=O) groups is 2. The standard InChI is InChI=1S/C16H22N2O5S/c1-10-14(15-12(19)4-3-5-13(15)23-10)16(20)18-8-6-11(7-9-18)17-24(2,21)22/h11,17H,3-9H2,1-2H3. The summed E-state index contributed by atoms with van der Waals surface area (Å²) < 4.78 is 30.8. The smallest absolute Gasteiger partial charge is 0.258 e. The van der Waals surface area contributed by atoms with Crippen LogP contribution in [0.4, 0.5) is 0 Å². The zero-order valence-corrected chi connectivity index (χ0v) is 14.7. The van der Waals surface area contributed by atoms with Crippen LogP contribution in [-0.4, -0.2) is 50.4 Å². The highest BCUT2D eigenvalue weighted by Gasteiger charge is 2.34. The lowest BCUT2D eigenvalue weighted by Gasteiger charge is -2.32. The minimum Gasteiger partial charge on any atom is -0.465 e. The van der Waals surface area contributed by atoms with E-state index in [2.05, 4.69) is 4.72 Å². The van der Waals surface area contributed by atoms with E-state index in [-0.39, 0.29) is 17.7 Å². The molecule has 0 aromatic carbocycles. The van der Waals surface area contributed by atoms with E-state index in [9.17, 15) is 18.0 Å². The van der Waals surface area contributed by atoms with Crippen LogP contribution < -0.4 is 4.72 Å². The Balaban J connectivity index is 1.75. The number of carbonyl (C=O) groups excluding carboxylic acids is 2. The van der Waals surface area contributed by atoms with E-state index < -0.39 is 10.0 Å². The lowest BCUT2D eigenvalue weighted by atomic mass is 9.92. The number of rotatable bonds is 3. The van der Waals surface area contributed by atoms with Crippen LogP contribution in [0.15, 0.2) is 4.42 Å². The highest BCUT2D eigenvalue weighted by molar-refractivity contribution is 7.88. The molecule has 1 fully saturated rings. The highest BCUT2D eigenvalue weighted by atomic mass is 32.2. The van der Waals surface area contributed by atoms with Gasteiger partial charge < -0.3 is 9.32 Å². The molecule has 7 nitrogen and oxygen atoms in total. The first kappa shape index (κ1) is 17.2. The quantitative estimate of drug-likeness (QED) is 0.881. The number of amides is 1. The molecule has 2 heterocycles. The summed E-state index contributed by atoms with van der Waals surface area (Å²) in [7, 11) is -3.24. The Bertz CT molecular complexity index is 773. The summed E-state index contributed by atoms with van der Waals surface area (Å²) in [6.45, 7) is 2.63. The third-order valence-corrected chi connectivity index (χ3v) is 5.38. The van der Waals surface area contributed by atoms with Crippen molar-refractivity contribution in [3.05, 3.63) is 22.6 Å². The van der Waals surface area contributed by atoms with Gasteiger partial charge in [0.05, 0.1) is 17.4 Å². The first-order valence-corrected chi connectivity index (χ1v) is 10.1. The minimum atomic E-state index is -3.24. The molecule has 0 saturated carbocycles. The molecule has 1 aliphatic heterocycles. The molecule has 132 valence electrons. The zero-order chi connectivity index (χ0) is 17.5. The Morgan fingerprint density at radius 3 is 2.54 bits per heavy atom. The molecule has 8 heteroatoms. The largest absolute Gasteiger partial charge is 0.465 e. The third-order valence-electron chi connectivity index (χ3n) is 4.62. The second kappa shape index (κ2) is 6.33. The van der Waals surface area contributed by atoms with Crippen LogP contribution in [0.1, 0.15) is 57.9 Å². The average molecular weight is 354 g/mol. The van der Waals surface area contributed by atoms with Crippen molar-refractivity contribution < 1.29 is 22.4 Å². The van der Waals surface area contributed by atoms with E-state index in [0.717, 1.165) is 12.7 Å². The van der Waals surface area contributed by atoms with Gasteiger partial charge in [0.15, 0.2) is 5.78 Å². The van der Waals surface area contributed by atoms with Gasteiger partial charge in [-0.05, 0) is 26.2 Å². The minimum absolute atomic E-state index is 0.0231. The highest BCUT2D eigenvalue weighted by Crippen LogP contribution is 2.31. The van der Waals surface area contributed by atoms with Crippen molar-refractivity contribution in [1.29, 1.82) is 0 Å². The molecular weight excluding hydrogens is 332 g/mol. The monoisotopic (exact) mass is 354 g/mol. The SMILES string of the molecule is Cc1oc2c(c1C(=O)N1CCC(NS(C)(=O)=O)CC1)C(=O)CCC2. The molecule has 3 rings (SSSR count). The molecule has 1 aromatic rings. The van der Waals surface area contributed by atoms with Crippen molar-refractivity contribution in [1.82, 2.24) is 9.62 Å². The Kier molecular flexibility index (Phi) is 4.52. The summed E-state index contributed by atoms with van der Waals surface area (Å²) in [6, 6.07) is -0.148. The lowest BCUT2D eigenvalue weighted by molar-refractivity contribution is 0.0705. The van der Waals surface area contributed by atoms with Crippen LogP contribution in [0.3, 0.4) is 0 Å². The fraction of sp³-hybridized carbons (Fsp3) is 0.625. The number of hydrogen-bond donors (Lipinski definition) is 1. The fourth-order valence-electron chi connectivity index (χ4n) is 3.53. The number of Topliss-reactive ketones (excluding diaryl/α,β-unsaturated/α-hetero) is 1. The summed E-state index contributed by atoms with van der Waals surface area (Å²) in [5.41, 5.74) is 0.851. The van der Waals surface area contributed by atoms with Crippen LogP contribution in [0.5, 0.6) is 0 Å². The van der Waals surface area contributed by atoms with E-state index in [1.54, 1.807) is 11.8 Å².